The Kier molecular flexibility index (Phi) is 5.66. The molecule has 1 fully saturated rings. The van der Waals surface area contributed by atoms with Gasteiger partial charge in [-0.1, -0.05) is 12.1 Å². The first-order valence-electron chi connectivity index (χ1n) is 7.28. The molecule has 0 saturated carbocycles. The van der Waals surface area contributed by atoms with Gasteiger partial charge in [-0.3, -0.25) is 14.5 Å². The first-order chi connectivity index (χ1) is 10.6. The predicted molar refractivity (Wildman–Crippen MR) is 82.9 cm³/mol. The molecule has 6 heteroatoms. The minimum absolute atomic E-state index is 0.00589. The van der Waals surface area contributed by atoms with Gasteiger partial charge < -0.3 is 10.2 Å². The van der Waals surface area contributed by atoms with Gasteiger partial charge in [0.1, 0.15) is 5.82 Å². The number of nitrogens with zero attached hydrogens (tertiary/aromatic N) is 2. The molecule has 1 aromatic rings. The van der Waals surface area contributed by atoms with Crippen LogP contribution in [0.3, 0.4) is 0 Å². The largest absolute Gasteiger partial charge is 0.337 e. The molecule has 0 bridgehead atoms. The number of allylic oxidation sites excluding steroid dienone is 1. The Morgan fingerprint density at radius 1 is 1.27 bits per heavy atom. The van der Waals surface area contributed by atoms with Gasteiger partial charge in [0.15, 0.2) is 0 Å². The van der Waals surface area contributed by atoms with Crippen molar-refractivity contribution in [3.8, 4) is 0 Å². The van der Waals surface area contributed by atoms with Crippen LogP contribution in [0.4, 0.5) is 10.1 Å². The summed E-state index contributed by atoms with van der Waals surface area (Å²) in [4.78, 5) is 27.4. The summed E-state index contributed by atoms with van der Waals surface area (Å²) < 4.78 is 13.1. The van der Waals surface area contributed by atoms with E-state index in [-0.39, 0.29) is 24.2 Å². The third-order valence-corrected chi connectivity index (χ3v) is 3.47. The molecule has 5 nitrogen and oxygen atoms in total. The lowest BCUT2D eigenvalue weighted by Gasteiger charge is -2.33. The van der Waals surface area contributed by atoms with Crippen molar-refractivity contribution in [2.45, 2.75) is 6.92 Å². The van der Waals surface area contributed by atoms with Gasteiger partial charge in [0.25, 0.3) is 0 Å². The van der Waals surface area contributed by atoms with E-state index in [0.717, 1.165) is 0 Å². The molecule has 1 saturated heterocycles. The zero-order valence-corrected chi connectivity index (χ0v) is 12.6. The second-order valence-corrected chi connectivity index (χ2v) is 5.16. The molecule has 0 radical (unpaired) electrons. The van der Waals surface area contributed by atoms with Crippen molar-refractivity contribution in [2.24, 2.45) is 0 Å². The Hall–Kier alpha value is -2.21. The normalized spacial score (nSPS) is 16.0. The summed E-state index contributed by atoms with van der Waals surface area (Å²) in [5.74, 6) is -0.556. The van der Waals surface area contributed by atoms with Crippen molar-refractivity contribution in [3.63, 3.8) is 0 Å². The van der Waals surface area contributed by atoms with Crippen LogP contribution in [0.1, 0.15) is 6.92 Å². The van der Waals surface area contributed by atoms with E-state index < -0.39 is 0 Å². The molecule has 0 aromatic heterocycles. The summed E-state index contributed by atoms with van der Waals surface area (Å²) in [6, 6.07) is 5.81. The molecular formula is C16H20FN3O2. The smallest absolute Gasteiger partial charge is 0.246 e. The van der Waals surface area contributed by atoms with Crippen LogP contribution < -0.4 is 5.32 Å². The molecule has 1 aliphatic rings. The fourth-order valence-electron chi connectivity index (χ4n) is 2.34. The van der Waals surface area contributed by atoms with Crippen LogP contribution in [0.25, 0.3) is 0 Å². The van der Waals surface area contributed by atoms with E-state index in [1.165, 1.54) is 12.1 Å². The predicted octanol–water partition coefficient (Wildman–Crippen LogP) is 1.48. The summed E-state index contributed by atoms with van der Waals surface area (Å²) in [7, 11) is 0. The molecule has 1 aliphatic heterocycles. The number of carbonyl (C=O) groups excluding carboxylic acids is 2. The Morgan fingerprint density at radius 3 is 2.64 bits per heavy atom. The Balaban J connectivity index is 1.78. The quantitative estimate of drug-likeness (QED) is 0.858. The zero-order chi connectivity index (χ0) is 15.9. The van der Waals surface area contributed by atoms with Crippen molar-refractivity contribution in [2.75, 3.05) is 38.0 Å². The van der Waals surface area contributed by atoms with Crippen LogP contribution in [0.5, 0.6) is 0 Å². The topological polar surface area (TPSA) is 52.7 Å². The lowest BCUT2D eigenvalue weighted by Crippen LogP contribution is -2.50. The first-order valence-corrected chi connectivity index (χ1v) is 7.28. The molecule has 2 rings (SSSR count). The third-order valence-electron chi connectivity index (χ3n) is 3.47. The van der Waals surface area contributed by atoms with Crippen LogP contribution in [0, 0.1) is 5.82 Å². The number of amides is 2. The minimum Gasteiger partial charge on any atom is -0.337 e. The number of rotatable bonds is 4. The highest BCUT2D eigenvalue weighted by atomic mass is 19.1. The summed E-state index contributed by atoms with van der Waals surface area (Å²) in [6.45, 7) is 4.57. The number of piperazine rings is 1. The van der Waals surface area contributed by atoms with Gasteiger partial charge in [-0.2, -0.15) is 0 Å². The summed E-state index contributed by atoms with van der Waals surface area (Å²) >= 11 is 0. The molecule has 1 heterocycles. The van der Waals surface area contributed by atoms with Crippen molar-refractivity contribution < 1.29 is 14.0 Å². The van der Waals surface area contributed by atoms with Gasteiger partial charge in [0.05, 0.1) is 6.54 Å². The van der Waals surface area contributed by atoms with Crippen LogP contribution in [-0.2, 0) is 9.59 Å². The molecule has 1 aromatic carbocycles. The maximum Gasteiger partial charge on any atom is 0.246 e. The van der Waals surface area contributed by atoms with E-state index in [4.69, 9.17) is 0 Å². The van der Waals surface area contributed by atoms with Crippen molar-refractivity contribution in [3.05, 3.63) is 42.2 Å². The van der Waals surface area contributed by atoms with Crippen molar-refractivity contribution >= 4 is 17.5 Å². The van der Waals surface area contributed by atoms with E-state index in [1.54, 1.807) is 29.2 Å². The van der Waals surface area contributed by atoms with Crippen LogP contribution in [0.15, 0.2) is 36.4 Å². The molecule has 0 atom stereocenters. The highest BCUT2D eigenvalue weighted by molar-refractivity contribution is 5.92. The highest BCUT2D eigenvalue weighted by Gasteiger charge is 2.21. The molecule has 1 N–H and O–H groups in total. The molecule has 0 aliphatic carbocycles. The van der Waals surface area contributed by atoms with E-state index in [1.807, 2.05) is 11.8 Å². The Labute approximate surface area is 129 Å². The first kappa shape index (κ1) is 16.2. The average Bonchev–Trinajstić information content (AvgIpc) is 2.48. The van der Waals surface area contributed by atoms with Crippen molar-refractivity contribution in [1.29, 1.82) is 0 Å². The number of hydrogen-bond donors (Lipinski definition) is 1. The second-order valence-electron chi connectivity index (χ2n) is 5.16. The molecular weight excluding hydrogens is 285 g/mol. The Morgan fingerprint density at radius 2 is 2.00 bits per heavy atom. The molecule has 2 amide bonds. The maximum absolute atomic E-state index is 13.1. The second kappa shape index (κ2) is 7.70. The van der Waals surface area contributed by atoms with Crippen LogP contribution >= 0.6 is 0 Å². The number of hydrogen-bond acceptors (Lipinski definition) is 3. The number of benzene rings is 1. The number of anilines is 1. The van der Waals surface area contributed by atoms with E-state index in [0.29, 0.717) is 31.9 Å². The SMILES string of the molecule is C/C=C/C(=O)N1CCN(CC(=O)Nc2cccc(F)c2)CC1. The summed E-state index contributed by atoms with van der Waals surface area (Å²) in [5.41, 5.74) is 0.451. The minimum atomic E-state index is -0.381. The molecule has 22 heavy (non-hydrogen) atoms. The highest BCUT2D eigenvalue weighted by Crippen LogP contribution is 2.09. The summed E-state index contributed by atoms with van der Waals surface area (Å²) in [6.07, 6.45) is 3.27. The lowest BCUT2D eigenvalue weighted by molar-refractivity contribution is -0.128. The van der Waals surface area contributed by atoms with Gasteiger partial charge in [-0.05, 0) is 31.2 Å². The van der Waals surface area contributed by atoms with Crippen LogP contribution in [0.2, 0.25) is 0 Å². The van der Waals surface area contributed by atoms with Crippen LogP contribution in [-0.4, -0.2) is 54.3 Å². The van der Waals surface area contributed by atoms with Gasteiger partial charge in [0.2, 0.25) is 11.8 Å². The zero-order valence-electron chi connectivity index (χ0n) is 12.6. The monoisotopic (exact) mass is 305 g/mol. The molecule has 0 spiro atoms. The maximum atomic E-state index is 13.1. The van der Waals surface area contributed by atoms with Crippen molar-refractivity contribution in [1.82, 2.24) is 9.80 Å². The van der Waals surface area contributed by atoms with E-state index in [9.17, 15) is 14.0 Å². The van der Waals surface area contributed by atoms with Gasteiger partial charge >= 0.3 is 0 Å². The van der Waals surface area contributed by atoms with Gasteiger partial charge in [-0.15, -0.1) is 0 Å². The molecule has 0 unspecified atom stereocenters. The average molecular weight is 305 g/mol. The standard InChI is InChI=1S/C16H20FN3O2/c1-2-4-16(22)20-9-7-19(8-10-20)12-15(21)18-14-6-3-5-13(17)11-14/h2-6,11H,7-10,12H2,1H3,(H,18,21)/b4-2+. The third kappa shape index (κ3) is 4.66. The van der Waals surface area contributed by atoms with Gasteiger partial charge in [0, 0.05) is 31.9 Å². The number of carbonyl (C=O) groups is 2. The fraction of sp³-hybridized carbons (Fsp3) is 0.375. The number of nitrogens with one attached hydrogen (secondary N) is 1. The number of halogens is 1. The van der Waals surface area contributed by atoms with Gasteiger partial charge in [-0.25, -0.2) is 4.39 Å². The summed E-state index contributed by atoms with van der Waals surface area (Å²) in [5, 5.41) is 2.67. The van der Waals surface area contributed by atoms with E-state index in [2.05, 4.69) is 5.32 Å². The Bertz CT molecular complexity index is 566. The van der Waals surface area contributed by atoms with E-state index >= 15 is 0 Å². The lowest BCUT2D eigenvalue weighted by atomic mass is 10.3. The fourth-order valence-corrected chi connectivity index (χ4v) is 2.34. The molecule has 118 valence electrons.